The van der Waals surface area contributed by atoms with Crippen LogP contribution < -0.4 is 0 Å². The van der Waals surface area contributed by atoms with Gasteiger partial charge in [0.25, 0.3) is 0 Å². The number of hydrogen-bond acceptors (Lipinski definition) is 2. The number of hydrogen-bond donors (Lipinski definition) is 1. The molecular formula is C12H6ClF2NO2. The molecule has 0 radical (unpaired) electrons. The van der Waals surface area contributed by atoms with Gasteiger partial charge in [0.1, 0.15) is 11.6 Å². The highest BCUT2D eigenvalue weighted by Gasteiger charge is 2.19. The Balaban J connectivity index is 2.74. The molecule has 2 aromatic rings. The van der Waals surface area contributed by atoms with Crippen LogP contribution in [0, 0.1) is 11.6 Å². The summed E-state index contributed by atoms with van der Waals surface area (Å²) < 4.78 is 27.3. The Hall–Kier alpha value is -2.01. The smallest absolute Gasteiger partial charge is 0.338 e. The maximum atomic E-state index is 13.7. The van der Waals surface area contributed by atoms with E-state index in [0.29, 0.717) is 0 Å². The second kappa shape index (κ2) is 4.70. The van der Waals surface area contributed by atoms with Crippen LogP contribution in [-0.4, -0.2) is 16.1 Å². The molecule has 1 aromatic carbocycles. The topological polar surface area (TPSA) is 50.2 Å². The van der Waals surface area contributed by atoms with Gasteiger partial charge >= 0.3 is 5.97 Å². The largest absolute Gasteiger partial charge is 0.478 e. The highest BCUT2D eigenvalue weighted by molar-refractivity contribution is 6.30. The first-order valence-electron chi connectivity index (χ1n) is 4.83. The third-order valence-electron chi connectivity index (χ3n) is 2.33. The monoisotopic (exact) mass is 269 g/mol. The lowest BCUT2D eigenvalue weighted by Crippen LogP contribution is -2.04. The van der Waals surface area contributed by atoms with Crippen LogP contribution in [0.3, 0.4) is 0 Å². The Morgan fingerprint density at radius 2 is 1.94 bits per heavy atom. The molecule has 92 valence electrons. The summed E-state index contributed by atoms with van der Waals surface area (Å²) in [5.41, 5.74) is -0.917. The van der Waals surface area contributed by atoms with Crippen molar-refractivity contribution in [1.82, 2.24) is 4.98 Å². The lowest BCUT2D eigenvalue weighted by atomic mass is 10.0. The summed E-state index contributed by atoms with van der Waals surface area (Å²) in [6.07, 6.45) is 1.80. The van der Waals surface area contributed by atoms with Crippen molar-refractivity contribution in [3.8, 4) is 11.1 Å². The maximum Gasteiger partial charge on any atom is 0.338 e. The number of rotatable bonds is 2. The third-order valence-corrected chi connectivity index (χ3v) is 2.57. The van der Waals surface area contributed by atoms with Crippen LogP contribution in [0.1, 0.15) is 10.4 Å². The minimum atomic E-state index is -1.38. The van der Waals surface area contributed by atoms with Gasteiger partial charge in [0.2, 0.25) is 0 Å². The number of carboxylic acids is 1. The van der Waals surface area contributed by atoms with E-state index in [1.54, 1.807) is 0 Å². The molecule has 0 aliphatic rings. The van der Waals surface area contributed by atoms with Gasteiger partial charge < -0.3 is 5.11 Å². The predicted octanol–water partition coefficient (Wildman–Crippen LogP) is 3.38. The van der Waals surface area contributed by atoms with Crippen LogP contribution in [0.15, 0.2) is 30.6 Å². The number of carbonyl (C=O) groups is 1. The molecule has 2 rings (SSSR count). The molecule has 0 amide bonds. The van der Waals surface area contributed by atoms with E-state index in [2.05, 4.69) is 4.98 Å². The van der Waals surface area contributed by atoms with E-state index in [0.717, 1.165) is 18.5 Å². The Morgan fingerprint density at radius 3 is 2.56 bits per heavy atom. The van der Waals surface area contributed by atoms with Crippen LogP contribution in [0.25, 0.3) is 11.1 Å². The van der Waals surface area contributed by atoms with E-state index >= 15 is 0 Å². The predicted molar refractivity (Wildman–Crippen MR) is 61.6 cm³/mol. The number of carboxylic acid groups (broad SMARTS) is 1. The van der Waals surface area contributed by atoms with E-state index in [9.17, 15) is 13.6 Å². The number of halogens is 3. The van der Waals surface area contributed by atoms with E-state index in [1.807, 2.05) is 0 Å². The van der Waals surface area contributed by atoms with E-state index in [4.69, 9.17) is 16.7 Å². The normalized spacial score (nSPS) is 10.4. The van der Waals surface area contributed by atoms with Gasteiger partial charge in [0, 0.05) is 22.3 Å². The van der Waals surface area contributed by atoms with Crippen LogP contribution in [0.5, 0.6) is 0 Å². The van der Waals surface area contributed by atoms with E-state index in [1.165, 1.54) is 12.1 Å². The van der Waals surface area contributed by atoms with Gasteiger partial charge in [-0.25, -0.2) is 13.6 Å². The summed E-state index contributed by atoms with van der Waals surface area (Å²) in [7, 11) is 0. The van der Waals surface area contributed by atoms with Gasteiger partial charge in [0.05, 0.1) is 11.8 Å². The molecule has 0 unspecified atom stereocenters. The fraction of sp³-hybridized carbons (Fsp3) is 0. The van der Waals surface area contributed by atoms with Gasteiger partial charge in [0.15, 0.2) is 0 Å². The number of aromatic carboxylic acids is 1. The van der Waals surface area contributed by atoms with Crippen molar-refractivity contribution in [2.24, 2.45) is 0 Å². The number of benzene rings is 1. The van der Waals surface area contributed by atoms with Gasteiger partial charge in [-0.05, 0) is 18.2 Å². The molecule has 0 spiro atoms. The zero-order chi connectivity index (χ0) is 13.3. The van der Waals surface area contributed by atoms with Crippen LogP contribution in [-0.2, 0) is 0 Å². The zero-order valence-corrected chi connectivity index (χ0v) is 9.58. The minimum Gasteiger partial charge on any atom is -0.478 e. The Morgan fingerprint density at radius 1 is 1.22 bits per heavy atom. The molecule has 6 heteroatoms. The lowest BCUT2D eigenvalue weighted by Gasteiger charge is -2.08. The second-order valence-electron chi connectivity index (χ2n) is 3.47. The molecule has 1 aromatic heterocycles. The molecule has 0 atom stereocenters. The summed E-state index contributed by atoms with van der Waals surface area (Å²) in [6.45, 7) is 0. The van der Waals surface area contributed by atoms with Crippen molar-refractivity contribution in [3.63, 3.8) is 0 Å². The molecule has 1 N–H and O–H groups in total. The zero-order valence-electron chi connectivity index (χ0n) is 8.82. The average Bonchev–Trinajstić information content (AvgIpc) is 2.29. The van der Waals surface area contributed by atoms with Crippen molar-refractivity contribution in [1.29, 1.82) is 0 Å². The Bertz CT molecular complexity index is 631. The van der Waals surface area contributed by atoms with Crippen molar-refractivity contribution in [3.05, 3.63) is 52.8 Å². The van der Waals surface area contributed by atoms with Gasteiger partial charge in [-0.2, -0.15) is 0 Å². The van der Waals surface area contributed by atoms with Crippen LogP contribution in [0.2, 0.25) is 5.02 Å². The molecule has 1 heterocycles. The Kier molecular flexibility index (Phi) is 3.25. The first-order valence-corrected chi connectivity index (χ1v) is 5.20. The lowest BCUT2D eigenvalue weighted by molar-refractivity contribution is 0.0697. The maximum absolute atomic E-state index is 13.7. The molecule has 3 nitrogen and oxygen atoms in total. The van der Waals surface area contributed by atoms with Gasteiger partial charge in [-0.1, -0.05) is 11.6 Å². The molecule has 0 saturated heterocycles. The number of pyridine rings is 1. The molecule has 0 fully saturated rings. The van der Waals surface area contributed by atoms with E-state index < -0.39 is 23.2 Å². The third kappa shape index (κ3) is 2.17. The van der Waals surface area contributed by atoms with Crippen molar-refractivity contribution < 1.29 is 18.7 Å². The standard InChI is InChI=1S/C12H6ClF2NO2/c13-6-1-2-7(9(14)3-6)11-8(12(17)18)4-16-5-10(11)15/h1-5H,(H,17,18). The minimum absolute atomic E-state index is 0.141. The van der Waals surface area contributed by atoms with Crippen molar-refractivity contribution in [2.75, 3.05) is 0 Å². The summed E-state index contributed by atoms with van der Waals surface area (Å²) in [5.74, 6) is -3.09. The summed E-state index contributed by atoms with van der Waals surface area (Å²) in [4.78, 5) is 14.4. The molecule has 0 saturated carbocycles. The SMILES string of the molecule is O=C(O)c1cncc(F)c1-c1ccc(Cl)cc1F. The Labute approximate surface area is 106 Å². The summed E-state index contributed by atoms with van der Waals surface area (Å²) >= 11 is 5.58. The summed E-state index contributed by atoms with van der Waals surface area (Å²) in [6, 6.07) is 3.57. The van der Waals surface area contributed by atoms with Crippen LogP contribution in [0.4, 0.5) is 8.78 Å². The highest BCUT2D eigenvalue weighted by atomic mass is 35.5. The van der Waals surface area contributed by atoms with Crippen molar-refractivity contribution in [2.45, 2.75) is 0 Å². The highest BCUT2D eigenvalue weighted by Crippen LogP contribution is 2.30. The first-order chi connectivity index (χ1) is 8.50. The van der Waals surface area contributed by atoms with Crippen molar-refractivity contribution >= 4 is 17.6 Å². The second-order valence-corrected chi connectivity index (χ2v) is 3.91. The van der Waals surface area contributed by atoms with Gasteiger partial charge in [-0.15, -0.1) is 0 Å². The number of aromatic nitrogens is 1. The molecular weight excluding hydrogens is 264 g/mol. The fourth-order valence-electron chi connectivity index (χ4n) is 1.56. The first kappa shape index (κ1) is 12.4. The van der Waals surface area contributed by atoms with E-state index in [-0.39, 0.29) is 16.1 Å². The van der Waals surface area contributed by atoms with Crippen LogP contribution >= 0.6 is 11.6 Å². The average molecular weight is 270 g/mol. The molecule has 0 aliphatic heterocycles. The summed E-state index contributed by atoms with van der Waals surface area (Å²) in [5, 5.41) is 9.08. The number of nitrogens with zero attached hydrogens (tertiary/aromatic N) is 1. The molecule has 18 heavy (non-hydrogen) atoms. The molecule has 0 bridgehead atoms. The molecule has 0 aliphatic carbocycles. The quantitative estimate of drug-likeness (QED) is 0.909. The van der Waals surface area contributed by atoms with Gasteiger partial charge in [-0.3, -0.25) is 4.98 Å². The fourth-order valence-corrected chi connectivity index (χ4v) is 1.72.